The van der Waals surface area contributed by atoms with E-state index in [0.29, 0.717) is 11.1 Å². The van der Waals surface area contributed by atoms with Crippen molar-refractivity contribution in [1.82, 2.24) is 0 Å². The van der Waals surface area contributed by atoms with Gasteiger partial charge >= 0.3 is 5.97 Å². The average Bonchev–Trinajstić information content (AvgIpc) is 3.11. The molecule has 1 atom stereocenters. The number of amides is 2. The number of aryl methyl sites for hydroxylation is 1. The number of ether oxygens (including phenoxy) is 1. The van der Waals surface area contributed by atoms with Crippen LogP contribution in [0.2, 0.25) is 0 Å². The minimum Gasteiger partial charge on any atom is -0.450 e. The molecule has 1 aliphatic rings. The van der Waals surface area contributed by atoms with Gasteiger partial charge in [0.1, 0.15) is 0 Å². The van der Waals surface area contributed by atoms with E-state index in [-0.39, 0.29) is 40.3 Å². The van der Waals surface area contributed by atoms with Crippen LogP contribution in [0.15, 0.2) is 66.7 Å². The number of hydrogen-bond acceptors (Lipinski definition) is 7. The number of hydrogen-bond donors (Lipinski definition) is 0. The Morgan fingerprint density at radius 1 is 0.943 bits per heavy atom. The van der Waals surface area contributed by atoms with Gasteiger partial charge in [-0.25, -0.2) is 9.69 Å². The van der Waals surface area contributed by atoms with Crippen molar-refractivity contribution in [2.75, 3.05) is 4.90 Å². The molecule has 0 spiro atoms. The summed E-state index contributed by atoms with van der Waals surface area (Å²) < 4.78 is 5.43. The molecule has 0 saturated carbocycles. The monoisotopic (exact) mass is 472 g/mol. The first-order chi connectivity index (χ1) is 16.7. The number of nitrogens with zero attached hydrogens (tertiary/aromatic N) is 2. The number of anilines is 1. The highest BCUT2D eigenvalue weighted by Crippen LogP contribution is 2.33. The second-order valence-corrected chi connectivity index (χ2v) is 7.97. The first-order valence-electron chi connectivity index (χ1n) is 10.8. The number of benzene rings is 3. The van der Waals surface area contributed by atoms with E-state index in [4.69, 9.17) is 4.74 Å². The van der Waals surface area contributed by atoms with Crippen LogP contribution in [0.4, 0.5) is 11.4 Å². The second-order valence-electron chi connectivity index (χ2n) is 7.97. The van der Waals surface area contributed by atoms with Gasteiger partial charge < -0.3 is 4.74 Å². The number of fused-ring (bicyclic) bond motifs is 1. The molecule has 3 aromatic carbocycles. The smallest absolute Gasteiger partial charge is 0.338 e. The molecule has 35 heavy (non-hydrogen) atoms. The Hall–Kier alpha value is -4.66. The summed E-state index contributed by atoms with van der Waals surface area (Å²) in [7, 11) is 0. The molecule has 0 bridgehead atoms. The summed E-state index contributed by atoms with van der Waals surface area (Å²) in [6.07, 6.45) is -0.746. The minimum atomic E-state index is -1.00. The molecule has 0 N–H and O–H groups in total. The van der Waals surface area contributed by atoms with Gasteiger partial charge in [-0.2, -0.15) is 0 Å². The van der Waals surface area contributed by atoms with Gasteiger partial charge in [0.2, 0.25) is 5.78 Å². The van der Waals surface area contributed by atoms with Crippen LogP contribution in [0.5, 0.6) is 0 Å². The van der Waals surface area contributed by atoms with E-state index in [1.165, 1.54) is 36.4 Å². The third-order valence-electron chi connectivity index (χ3n) is 5.73. The second kappa shape index (κ2) is 9.30. The molecule has 0 aliphatic carbocycles. The molecule has 1 heterocycles. The van der Waals surface area contributed by atoms with Crippen molar-refractivity contribution in [2.24, 2.45) is 0 Å². The topological polar surface area (TPSA) is 124 Å². The van der Waals surface area contributed by atoms with E-state index >= 15 is 0 Å². The van der Waals surface area contributed by atoms with Crippen molar-refractivity contribution >= 4 is 34.9 Å². The maximum absolute atomic E-state index is 13.1. The summed E-state index contributed by atoms with van der Waals surface area (Å²) in [5.41, 5.74) is 0.955. The predicted molar refractivity (Wildman–Crippen MR) is 126 cm³/mol. The number of carbonyl (C=O) groups excluding carboxylic acids is 4. The van der Waals surface area contributed by atoms with E-state index < -0.39 is 28.8 Å². The van der Waals surface area contributed by atoms with Gasteiger partial charge in [0.15, 0.2) is 6.10 Å². The van der Waals surface area contributed by atoms with Gasteiger partial charge in [0.25, 0.3) is 17.5 Å². The molecular formula is C26H20N2O7. The van der Waals surface area contributed by atoms with E-state index in [1.807, 2.05) is 0 Å². The summed E-state index contributed by atoms with van der Waals surface area (Å²) in [4.78, 5) is 62.9. The largest absolute Gasteiger partial charge is 0.450 e. The van der Waals surface area contributed by atoms with Gasteiger partial charge in [0.05, 0.1) is 27.3 Å². The standard InChI is InChI=1S/C26H20N2O7/c1-3-22(23(29)16-7-5-4-6-8-16)35-26(32)17-9-11-19-20(14-17)25(31)27(24(19)30)21-12-10-18(28(33)34)13-15(21)2/h4-14,22H,3H2,1-2H3. The Kier molecular flexibility index (Phi) is 6.24. The van der Waals surface area contributed by atoms with Gasteiger partial charge in [0, 0.05) is 17.7 Å². The molecule has 0 fully saturated rings. The molecule has 1 aliphatic heterocycles. The molecule has 9 nitrogen and oxygen atoms in total. The maximum Gasteiger partial charge on any atom is 0.338 e. The van der Waals surface area contributed by atoms with Crippen LogP contribution in [0, 0.1) is 17.0 Å². The summed E-state index contributed by atoms with van der Waals surface area (Å²) in [6.45, 7) is 3.28. The molecule has 0 aromatic heterocycles. The van der Waals surface area contributed by atoms with E-state index in [2.05, 4.69) is 0 Å². The van der Waals surface area contributed by atoms with Crippen molar-refractivity contribution in [3.8, 4) is 0 Å². The fourth-order valence-corrected chi connectivity index (χ4v) is 3.90. The summed E-state index contributed by atoms with van der Waals surface area (Å²) in [5, 5.41) is 11.0. The molecule has 2 amide bonds. The first-order valence-corrected chi connectivity index (χ1v) is 10.8. The van der Waals surface area contributed by atoms with Crippen LogP contribution in [0.25, 0.3) is 0 Å². The molecule has 0 radical (unpaired) electrons. The van der Waals surface area contributed by atoms with E-state index in [0.717, 1.165) is 4.90 Å². The number of Topliss-reactive ketones (excluding diaryl/α,β-unsaturated/α-hetero) is 1. The summed E-state index contributed by atoms with van der Waals surface area (Å²) in [6, 6.07) is 16.3. The lowest BCUT2D eigenvalue weighted by molar-refractivity contribution is -0.384. The maximum atomic E-state index is 13.1. The Morgan fingerprint density at radius 3 is 2.26 bits per heavy atom. The molecule has 1 unspecified atom stereocenters. The quantitative estimate of drug-likeness (QED) is 0.163. The minimum absolute atomic E-state index is 0.00429. The fourth-order valence-electron chi connectivity index (χ4n) is 3.90. The number of carbonyl (C=O) groups is 4. The van der Waals surface area contributed by atoms with Gasteiger partial charge in [-0.1, -0.05) is 37.3 Å². The van der Waals surface area contributed by atoms with E-state index in [1.54, 1.807) is 44.2 Å². The normalized spacial score (nSPS) is 13.4. The zero-order valence-electron chi connectivity index (χ0n) is 18.9. The van der Waals surface area contributed by atoms with Crippen molar-refractivity contribution in [2.45, 2.75) is 26.4 Å². The first kappa shape index (κ1) is 23.5. The van der Waals surface area contributed by atoms with E-state index in [9.17, 15) is 29.3 Å². The molecule has 176 valence electrons. The van der Waals surface area contributed by atoms with Gasteiger partial charge in [-0.3, -0.25) is 24.5 Å². The lowest BCUT2D eigenvalue weighted by Gasteiger charge is -2.16. The highest BCUT2D eigenvalue weighted by atomic mass is 16.6. The number of nitro benzene ring substituents is 1. The molecule has 3 aromatic rings. The molecule has 9 heteroatoms. The fraction of sp³-hybridized carbons (Fsp3) is 0.154. The van der Waals surface area contributed by atoms with Crippen LogP contribution in [-0.4, -0.2) is 34.6 Å². The Morgan fingerprint density at radius 2 is 1.63 bits per heavy atom. The number of esters is 1. The van der Waals surface area contributed by atoms with Crippen LogP contribution in [0.3, 0.4) is 0 Å². The van der Waals surface area contributed by atoms with Gasteiger partial charge in [-0.15, -0.1) is 0 Å². The van der Waals surface area contributed by atoms with Crippen molar-refractivity contribution in [3.05, 3.63) is 105 Å². The Bertz CT molecular complexity index is 1380. The van der Waals surface area contributed by atoms with Crippen molar-refractivity contribution < 1.29 is 28.8 Å². The lowest BCUT2D eigenvalue weighted by atomic mass is 10.0. The van der Waals surface area contributed by atoms with Crippen molar-refractivity contribution in [3.63, 3.8) is 0 Å². The zero-order chi connectivity index (χ0) is 25.3. The number of rotatable bonds is 7. The van der Waals surface area contributed by atoms with Crippen LogP contribution in [-0.2, 0) is 4.74 Å². The molecule has 4 rings (SSSR count). The molecule has 0 saturated heterocycles. The van der Waals surface area contributed by atoms with Crippen LogP contribution >= 0.6 is 0 Å². The summed E-state index contributed by atoms with van der Waals surface area (Å²) in [5.74, 6) is -2.40. The van der Waals surface area contributed by atoms with Crippen molar-refractivity contribution in [1.29, 1.82) is 0 Å². The number of nitro groups is 1. The Balaban J connectivity index is 1.58. The third kappa shape index (κ3) is 4.31. The zero-order valence-corrected chi connectivity index (χ0v) is 18.9. The third-order valence-corrected chi connectivity index (χ3v) is 5.73. The van der Waals surface area contributed by atoms with Crippen LogP contribution < -0.4 is 4.90 Å². The highest BCUT2D eigenvalue weighted by molar-refractivity contribution is 6.35. The van der Waals surface area contributed by atoms with Crippen LogP contribution in [0.1, 0.15) is 60.3 Å². The highest BCUT2D eigenvalue weighted by Gasteiger charge is 2.38. The number of imide groups is 1. The average molecular weight is 472 g/mol. The Labute approximate surface area is 200 Å². The summed E-state index contributed by atoms with van der Waals surface area (Å²) >= 11 is 0. The molecular weight excluding hydrogens is 452 g/mol. The van der Waals surface area contributed by atoms with Gasteiger partial charge in [-0.05, 0) is 43.2 Å². The predicted octanol–water partition coefficient (Wildman–Crippen LogP) is 4.52. The number of ketones is 1. The SMILES string of the molecule is CCC(OC(=O)c1ccc2c(c1)C(=O)N(c1ccc([N+](=O)[O-])cc1C)C2=O)C(=O)c1ccccc1. The lowest BCUT2D eigenvalue weighted by Crippen LogP contribution is -2.30. The number of non-ortho nitro benzene ring substituents is 1.